The molecule has 0 spiro atoms. The van der Waals surface area contributed by atoms with E-state index in [0.717, 1.165) is 51.9 Å². The number of amides is 1. The molecule has 0 aromatic heterocycles. The van der Waals surface area contributed by atoms with Gasteiger partial charge in [0.25, 0.3) is 0 Å². The minimum absolute atomic E-state index is 0.157. The van der Waals surface area contributed by atoms with Crippen molar-refractivity contribution in [2.45, 2.75) is 38.3 Å². The molecule has 2 saturated heterocycles. The Balaban J connectivity index is 1.59. The molecule has 1 aromatic carbocycles. The van der Waals surface area contributed by atoms with E-state index < -0.39 is 0 Å². The fourth-order valence-electron chi connectivity index (χ4n) is 3.85. The highest BCUT2D eigenvalue weighted by Crippen LogP contribution is 2.25. The van der Waals surface area contributed by atoms with E-state index in [1.807, 2.05) is 6.07 Å². The quantitative estimate of drug-likeness (QED) is 0.923. The summed E-state index contributed by atoms with van der Waals surface area (Å²) in [5.41, 5.74) is 7.15. The number of rotatable bonds is 4. The highest BCUT2D eigenvalue weighted by molar-refractivity contribution is 5.79. The van der Waals surface area contributed by atoms with Crippen LogP contribution in [-0.2, 0) is 11.3 Å². The molecule has 0 saturated carbocycles. The molecule has 4 nitrogen and oxygen atoms in total. The Bertz CT molecular complexity index is 490. The number of hydrogen-bond donors (Lipinski definition) is 1. The van der Waals surface area contributed by atoms with E-state index in [4.69, 9.17) is 5.73 Å². The highest BCUT2D eigenvalue weighted by Gasteiger charge is 2.34. The van der Waals surface area contributed by atoms with Gasteiger partial charge >= 0.3 is 0 Å². The van der Waals surface area contributed by atoms with Gasteiger partial charge in [-0.25, -0.2) is 0 Å². The van der Waals surface area contributed by atoms with E-state index in [-0.39, 0.29) is 12.0 Å². The Labute approximate surface area is 133 Å². The van der Waals surface area contributed by atoms with E-state index in [0.29, 0.717) is 12.5 Å². The van der Waals surface area contributed by atoms with Crippen molar-refractivity contribution < 1.29 is 4.79 Å². The number of hydrogen-bond acceptors (Lipinski definition) is 3. The molecule has 2 aliphatic rings. The first-order valence-corrected chi connectivity index (χ1v) is 8.54. The van der Waals surface area contributed by atoms with Gasteiger partial charge in [0.15, 0.2) is 0 Å². The predicted molar refractivity (Wildman–Crippen MR) is 88.2 cm³/mol. The molecule has 2 atom stereocenters. The number of likely N-dealkylation sites (tertiary alicyclic amines) is 2. The van der Waals surface area contributed by atoms with Crippen molar-refractivity contribution in [2.24, 2.45) is 11.7 Å². The first-order valence-electron chi connectivity index (χ1n) is 8.54. The van der Waals surface area contributed by atoms with E-state index in [1.54, 1.807) is 0 Å². The number of carbonyl (C=O) groups is 1. The van der Waals surface area contributed by atoms with Crippen LogP contribution in [0.2, 0.25) is 0 Å². The zero-order valence-electron chi connectivity index (χ0n) is 13.3. The van der Waals surface area contributed by atoms with Gasteiger partial charge in [-0.2, -0.15) is 0 Å². The third-order valence-electron chi connectivity index (χ3n) is 5.04. The summed E-state index contributed by atoms with van der Waals surface area (Å²) in [6.45, 7) is 4.44. The molecule has 0 bridgehead atoms. The van der Waals surface area contributed by atoms with Crippen LogP contribution in [0.3, 0.4) is 0 Å². The van der Waals surface area contributed by atoms with Crippen LogP contribution in [0, 0.1) is 5.92 Å². The lowest BCUT2D eigenvalue weighted by Crippen LogP contribution is -2.47. The van der Waals surface area contributed by atoms with E-state index in [2.05, 4.69) is 34.1 Å². The predicted octanol–water partition coefficient (Wildman–Crippen LogP) is 1.85. The van der Waals surface area contributed by atoms with Gasteiger partial charge in [-0.1, -0.05) is 30.3 Å². The van der Waals surface area contributed by atoms with Crippen molar-refractivity contribution >= 4 is 5.91 Å². The first kappa shape index (κ1) is 15.5. The summed E-state index contributed by atoms with van der Waals surface area (Å²) in [5.74, 6) is 0.496. The van der Waals surface area contributed by atoms with Crippen LogP contribution in [0.4, 0.5) is 0 Å². The molecule has 3 rings (SSSR count). The standard InChI is InChI=1S/C18H27N3O/c19-12-17-9-5-11-21(17)18(22)16-8-4-10-20(14-16)13-15-6-2-1-3-7-15/h1-3,6-7,16-17H,4-5,8-14,19H2. The maximum Gasteiger partial charge on any atom is 0.227 e. The second kappa shape index (κ2) is 7.25. The Hall–Kier alpha value is -1.39. The third-order valence-corrected chi connectivity index (χ3v) is 5.04. The summed E-state index contributed by atoms with van der Waals surface area (Å²) in [5, 5.41) is 0. The second-order valence-electron chi connectivity index (χ2n) is 6.62. The van der Waals surface area contributed by atoms with Gasteiger partial charge in [0.1, 0.15) is 0 Å². The minimum atomic E-state index is 0.157. The summed E-state index contributed by atoms with van der Waals surface area (Å²) in [6, 6.07) is 10.8. The zero-order chi connectivity index (χ0) is 15.4. The SMILES string of the molecule is NCC1CCCN1C(=O)C1CCCN(Cc2ccccc2)C1. The van der Waals surface area contributed by atoms with Crippen molar-refractivity contribution in [2.75, 3.05) is 26.2 Å². The molecule has 1 aromatic rings. The smallest absolute Gasteiger partial charge is 0.227 e. The van der Waals surface area contributed by atoms with E-state index in [1.165, 1.54) is 5.56 Å². The lowest BCUT2D eigenvalue weighted by molar-refractivity contribution is -0.138. The Morgan fingerprint density at radius 1 is 1.14 bits per heavy atom. The fraction of sp³-hybridized carbons (Fsp3) is 0.611. The van der Waals surface area contributed by atoms with Crippen LogP contribution in [0.25, 0.3) is 0 Å². The topological polar surface area (TPSA) is 49.6 Å². The Morgan fingerprint density at radius 2 is 1.91 bits per heavy atom. The molecule has 2 aliphatic heterocycles. The molecule has 22 heavy (non-hydrogen) atoms. The van der Waals surface area contributed by atoms with Gasteiger partial charge in [0.2, 0.25) is 5.91 Å². The lowest BCUT2D eigenvalue weighted by atomic mass is 9.95. The molecule has 2 fully saturated rings. The van der Waals surface area contributed by atoms with E-state index >= 15 is 0 Å². The molecule has 1 amide bonds. The average molecular weight is 301 g/mol. The van der Waals surface area contributed by atoms with Crippen molar-refractivity contribution in [3.8, 4) is 0 Å². The summed E-state index contributed by atoms with van der Waals surface area (Å²) >= 11 is 0. The van der Waals surface area contributed by atoms with Crippen LogP contribution in [0.15, 0.2) is 30.3 Å². The minimum Gasteiger partial charge on any atom is -0.338 e. The van der Waals surface area contributed by atoms with Crippen molar-refractivity contribution in [1.29, 1.82) is 0 Å². The Morgan fingerprint density at radius 3 is 2.68 bits per heavy atom. The van der Waals surface area contributed by atoms with Crippen LogP contribution in [-0.4, -0.2) is 47.9 Å². The lowest BCUT2D eigenvalue weighted by Gasteiger charge is -2.35. The number of nitrogens with zero attached hydrogens (tertiary/aromatic N) is 2. The summed E-state index contributed by atoms with van der Waals surface area (Å²) in [7, 11) is 0. The van der Waals surface area contributed by atoms with Crippen LogP contribution in [0.5, 0.6) is 0 Å². The number of piperidine rings is 1. The molecular weight excluding hydrogens is 274 g/mol. The molecule has 0 aliphatic carbocycles. The largest absolute Gasteiger partial charge is 0.338 e. The Kier molecular flexibility index (Phi) is 5.11. The number of nitrogens with two attached hydrogens (primary N) is 1. The monoisotopic (exact) mass is 301 g/mol. The molecule has 2 unspecified atom stereocenters. The molecule has 0 radical (unpaired) electrons. The van der Waals surface area contributed by atoms with Crippen molar-refractivity contribution in [3.63, 3.8) is 0 Å². The van der Waals surface area contributed by atoms with Gasteiger partial charge in [0.05, 0.1) is 5.92 Å². The zero-order valence-corrected chi connectivity index (χ0v) is 13.3. The maximum atomic E-state index is 12.8. The molecule has 4 heteroatoms. The van der Waals surface area contributed by atoms with Gasteiger partial charge in [-0.05, 0) is 37.8 Å². The summed E-state index contributed by atoms with van der Waals surface area (Å²) < 4.78 is 0. The van der Waals surface area contributed by atoms with Gasteiger partial charge in [-0.15, -0.1) is 0 Å². The van der Waals surface area contributed by atoms with Crippen molar-refractivity contribution in [3.05, 3.63) is 35.9 Å². The molecular formula is C18H27N3O. The molecule has 120 valence electrons. The fourth-order valence-corrected chi connectivity index (χ4v) is 3.85. The normalized spacial score (nSPS) is 26.3. The summed E-state index contributed by atoms with van der Waals surface area (Å²) in [4.78, 5) is 17.3. The van der Waals surface area contributed by atoms with Crippen LogP contribution in [0.1, 0.15) is 31.2 Å². The van der Waals surface area contributed by atoms with E-state index in [9.17, 15) is 4.79 Å². The maximum absolute atomic E-state index is 12.8. The van der Waals surface area contributed by atoms with Gasteiger partial charge in [-0.3, -0.25) is 9.69 Å². The van der Waals surface area contributed by atoms with Crippen LogP contribution >= 0.6 is 0 Å². The average Bonchev–Trinajstić information content (AvgIpc) is 3.04. The molecule has 2 N–H and O–H groups in total. The number of carbonyl (C=O) groups excluding carboxylic acids is 1. The second-order valence-corrected chi connectivity index (χ2v) is 6.62. The highest BCUT2D eigenvalue weighted by atomic mass is 16.2. The first-order chi connectivity index (χ1) is 10.8. The molecule has 2 heterocycles. The van der Waals surface area contributed by atoms with Crippen LogP contribution < -0.4 is 5.73 Å². The van der Waals surface area contributed by atoms with Gasteiger partial charge < -0.3 is 10.6 Å². The number of benzene rings is 1. The van der Waals surface area contributed by atoms with Crippen molar-refractivity contribution in [1.82, 2.24) is 9.80 Å². The summed E-state index contributed by atoms with van der Waals surface area (Å²) in [6.07, 6.45) is 4.32. The van der Waals surface area contributed by atoms with Gasteiger partial charge in [0, 0.05) is 32.2 Å². The third kappa shape index (κ3) is 3.50.